The lowest BCUT2D eigenvalue weighted by Crippen LogP contribution is -2.31. The topological polar surface area (TPSA) is 105 Å². The van der Waals surface area contributed by atoms with Gasteiger partial charge in [-0.05, 0) is 49.6 Å². The molecule has 8 nitrogen and oxygen atoms in total. The number of carbonyl (C=O) groups is 1. The molecule has 1 aromatic heterocycles. The van der Waals surface area contributed by atoms with Gasteiger partial charge >= 0.3 is 6.01 Å². The summed E-state index contributed by atoms with van der Waals surface area (Å²) >= 11 is 0. The highest BCUT2D eigenvalue weighted by molar-refractivity contribution is 7.89. The minimum Gasteiger partial charge on any atom is -0.407 e. The first-order chi connectivity index (χ1) is 15.4. The van der Waals surface area contributed by atoms with Crippen molar-refractivity contribution in [3.63, 3.8) is 0 Å². The molecule has 1 aliphatic heterocycles. The number of hydrogen-bond acceptors (Lipinski definition) is 6. The molecule has 32 heavy (non-hydrogen) atoms. The monoisotopic (exact) mass is 454 g/mol. The van der Waals surface area contributed by atoms with Crippen LogP contribution in [-0.4, -0.2) is 41.9 Å². The molecule has 0 atom stereocenters. The van der Waals surface area contributed by atoms with E-state index in [0.29, 0.717) is 31.0 Å². The molecular formula is C23H26N4O4S. The molecule has 0 unspecified atom stereocenters. The van der Waals surface area contributed by atoms with Gasteiger partial charge in [-0.15, -0.1) is 5.10 Å². The summed E-state index contributed by atoms with van der Waals surface area (Å²) in [7, 11) is -3.56. The van der Waals surface area contributed by atoms with Crippen LogP contribution < -0.4 is 5.32 Å². The van der Waals surface area contributed by atoms with Gasteiger partial charge in [0.2, 0.25) is 15.9 Å². The fraction of sp³-hybridized carbons (Fsp3) is 0.348. The maximum atomic E-state index is 12.9. The van der Waals surface area contributed by atoms with Crippen LogP contribution in [0.5, 0.6) is 0 Å². The zero-order valence-electron chi connectivity index (χ0n) is 18.0. The predicted molar refractivity (Wildman–Crippen MR) is 120 cm³/mol. The third-order valence-corrected chi connectivity index (χ3v) is 7.40. The van der Waals surface area contributed by atoms with E-state index in [1.807, 2.05) is 31.2 Å². The Balaban J connectivity index is 1.40. The average molecular weight is 455 g/mol. The Bertz CT molecular complexity index is 1160. The number of hydrogen-bond donors (Lipinski definition) is 1. The van der Waals surface area contributed by atoms with Crippen molar-refractivity contribution >= 4 is 21.9 Å². The number of nitrogens with zero attached hydrogens (tertiary/aromatic N) is 3. The van der Waals surface area contributed by atoms with Crippen LogP contribution in [0.25, 0.3) is 0 Å². The number of benzene rings is 2. The molecular weight excluding hydrogens is 428 g/mol. The van der Waals surface area contributed by atoms with Crippen molar-refractivity contribution in [3.8, 4) is 0 Å². The molecule has 2 aromatic carbocycles. The van der Waals surface area contributed by atoms with Gasteiger partial charge in [-0.25, -0.2) is 8.42 Å². The first-order valence-corrected chi connectivity index (χ1v) is 12.2. The maximum absolute atomic E-state index is 12.9. The molecule has 9 heteroatoms. The molecule has 0 spiro atoms. The summed E-state index contributed by atoms with van der Waals surface area (Å²) in [4.78, 5) is 12.7. The van der Waals surface area contributed by atoms with Gasteiger partial charge in [0.15, 0.2) is 0 Å². The van der Waals surface area contributed by atoms with Gasteiger partial charge < -0.3 is 4.42 Å². The van der Waals surface area contributed by atoms with E-state index in [-0.39, 0.29) is 10.9 Å². The van der Waals surface area contributed by atoms with Crippen LogP contribution in [0, 0.1) is 6.92 Å². The van der Waals surface area contributed by atoms with Gasteiger partial charge in [0.05, 0.1) is 11.3 Å². The largest absolute Gasteiger partial charge is 0.407 e. The highest BCUT2D eigenvalue weighted by atomic mass is 32.2. The molecule has 2 heterocycles. The summed E-state index contributed by atoms with van der Waals surface area (Å²) in [6, 6.07) is 13.9. The smallest absolute Gasteiger partial charge is 0.322 e. The second-order valence-corrected chi connectivity index (χ2v) is 9.90. The highest BCUT2D eigenvalue weighted by Gasteiger charge is 2.25. The SMILES string of the molecule is Cc1ccc(Cc2nnc(NC(=O)c3ccc(S(=O)(=O)N4CCCCCC4)cc3)o2)cc1. The molecule has 0 bridgehead atoms. The third-order valence-electron chi connectivity index (χ3n) is 5.48. The molecule has 0 radical (unpaired) electrons. The molecule has 4 rings (SSSR count). The van der Waals surface area contributed by atoms with Crippen LogP contribution in [0.4, 0.5) is 6.01 Å². The van der Waals surface area contributed by atoms with E-state index in [2.05, 4.69) is 15.5 Å². The van der Waals surface area contributed by atoms with Gasteiger partial charge in [0, 0.05) is 18.7 Å². The van der Waals surface area contributed by atoms with Crippen LogP contribution in [0.3, 0.4) is 0 Å². The fourth-order valence-corrected chi connectivity index (χ4v) is 5.15. The van der Waals surface area contributed by atoms with E-state index < -0.39 is 15.9 Å². The Morgan fingerprint density at radius 2 is 1.62 bits per heavy atom. The first kappa shape index (κ1) is 22.2. The number of anilines is 1. The summed E-state index contributed by atoms with van der Waals surface area (Å²) < 4.78 is 32.8. The predicted octanol–water partition coefficient (Wildman–Crippen LogP) is 3.79. The summed E-state index contributed by atoms with van der Waals surface area (Å²) in [5, 5.41) is 10.4. The van der Waals surface area contributed by atoms with Crippen LogP contribution in [0.15, 0.2) is 57.8 Å². The quantitative estimate of drug-likeness (QED) is 0.608. The van der Waals surface area contributed by atoms with E-state index in [1.54, 1.807) is 0 Å². The Kier molecular flexibility index (Phi) is 6.66. The van der Waals surface area contributed by atoms with Crippen molar-refractivity contribution in [2.24, 2.45) is 0 Å². The number of nitrogens with one attached hydrogen (secondary N) is 1. The molecule has 3 aromatic rings. The van der Waals surface area contributed by atoms with E-state index >= 15 is 0 Å². The number of sulfonamides is 1. The van der Waals surface area contributed by atoms with Crippen molar-refractivity contribution < 1.29 is 17.6 Å². The molecule has 1 amide bonds. The summed E-state index contributed by atoms with van der Waals surface area (Å²) in [6.07, 6.45) is 4.30. The van der Waals surface area contributed by atoms with Gasteiger partial charge in [-0.3, -0.25) is 10.1 Å². The van der Waals surface area contributed by atoms with Crippen LogP contribution in [0.1, 0.15) is 53.1 Å². The summed E-state index contributed by atoms with van der Waals surface area (Å²) in [6.45, 7) is 3.08. The van der Waals surface area contributed by atoms with Gasteiger partial charge in [-0.2, -0.15) is 4.31 Å². The van der Waals surface area contributed by atoms with Crippen molar-refractivity contribution in [2.45, 2.75) is 43.9 Å². The lowest BCUT2D eigenvalue weighted by molar-refractivity contribution is 0.102. The second-order valence-electron chi connectivity index (χ2n) is 7.96. The second kappa shape index (κ2) is 9.62. The lowest BCUT2D eigenvalue weighted by atomic mass is 10.1. The maximum Gasteiger partial charge on any atom is 0.322 e. The zero-order chi connectivity index (χ0) is 22.6. The Morgan fingerprint density at radius 1 is 0.969 bits per heavy atom. The molecule has 168 valence electrons. The first-order valence-electron chi connectivity index (χ1n) is 10.7. The number of rotatable bonds is 6. The molecule has 0 saturated carbocycles. The van der Waals surface area contributed by atoms with Crippen LogP contribution in [0.2, 0.25) is 0 Å². The molecule has 1 fully saturated rings. The summed E-state index contributed by atoms with van der Waals surface area (Å²) in [5.41, 5.74) is 2.49. The average Bonchev–Trinajstić information content (AvgIpc) is 3.04. The van der Waals surface area contributed by atoms with Crippen molar-refractivity contribution in [3.05, 3.63) is 71.1 Å². The number of amides is 1. The molecule has 1 saturated heterocycles. The minimum absolute atomic E-state index is 0.00150. The van der Waals surface area contributed by atoms with E-state index in [0.717, 1.165) is 36.8 Å². The third kappa shape index (κ3) is 5.23. The van der Waals surface area contributed by atoms with Crippen LogP contribution in [-0.2, 0) is 16.4 Å². The Labute approximate surface area is 187 Å². The van der Waals surface area contributed by atoms with Crippen molar-refractivity contribution in [2.75, 3.05) is 18.4 Å². The molecule has 1 aliphatic rings. The van der Waals surface area contributed by atoms with Gasteiger partial charge in [-0.1, -0.05) is 47.8 Å². The standard InChI is InChI=1S/C23H26N4O4S/c1-17-6-8-18(9-7-17)16-21-25-26-23(31-21)24-22(28)19-10-12-20(13-11-19)32(29,30)27-14-4-2-3-5-15-27/h6-13H,2-5,14-16H2,1H3,(H,24,26,28). The fourth-order valence-electron chi connectivity index (χ4n) is 3.63. The molecule has 0 aliphatic carbocycles. The Hall–Kier alpha value is -3.04. The van der Waals surface area contributed by atoms with Gasteiger partial charge in [0.25, 0.3) is 5.91 Å². The van der Waals surface area contributed by atoms with Gasteiger partial charge in [0.1, 0.15) is 0 Å². The van der Waals surface area contributed by atoms with E-state index in [9.17, 15) is 13.2 Å². The minimum atomic E-state index is -3.56. The highest BCUT2D eigenvalue weighted by Crippen LogP contribution is 2.21. The molecule has 1 N–H and O–H groups in total. The van der Waals surface area contributed by atoms with Crippen LogP contribution >= 0.6 is 0 Å². The van der Waals surface area contributed by atoms with Crippen molar-refractivity contribution in [1.29, 1.82) is 0 Å². The Morgan fingerprint density at radius 3 is 2.28 bits per heavy atom. The van der Waals surface area contributed by atoms with E-state index in [1.165, 1.54) is 28.6 Å². The van der Waals surface area contributed by atoms with Crippen molar-refractivity contribution in [1.82, 2.24) is 14.5 Å². The van der Waals surface area contributed by atoms with E-state index in [4.69, 9.17) is 4.42 Å². The number of aryl methyl sites for hydroxylation is 1. The zero-order valence-corrected chi connectivity index (χ0v) is 18.8. The number of aromatic nitrogens is 2. The normalized spacial score (nSPS) is 15.3. The lowest BCUT2D eigenvalue weighted by Gasteiger charge is -2.19. The summed E-state index contributed by atoms with van der Waals surface area (Å²) in [5.74, 6) is -0.0581. The number of carbonyl (C=O) groups excluding carboxylic acids is 1.